The molecule has 2 aromatic rings. The Morgan fingerprint density at radius 2 is 1.90 bits per heavy atom. The molecular weight excluding hydrogens is 332 g/mol. The molecule has 0 aromatic heterocycles. The van der Waals surface area contributed by atoms with Crippen LogP contribution in [0.1, 0.15) is 15.9 Å². The third-order valence-corrected chi connectivity index (χ3v) is 3.56. The van der Waals surface area contributed by atoms with Crippen LogP contribution in [0.2, 0.25) is 0 Å². The van der Waals surface area contributed by atoms with Crippen molar-refractivity contribution in [1.82, 2.24) is 10.9 Å². The Balaban J connectivity index is 2.01. The van der Waals surface area contributed by atoms with Gasteiger partial charge in [-0.2, -0.15) is 0 Å². The van der Waals surface area contributed by atoms with Crippen LogP contribution in [0, 0.1) is 0 Å². The highest BCUT2D eigenvalue weighted by atomic mass is 79.9. The van der Waals surface area contributed by atoms with Crippen molar-refractivity contribution in [2.45, 2.75) is 0 Å². The molecule has 2 rings (SSSR count). The first-order valence-electron chi connectivity index (χ1n) is 6.26. The summed E-state index contributed by atoms with van der Waals surface area (Å²) in [6, 6.07) is 14.6. The van der Waals surface area contributed by atoms with Gasteiger partial charge in [-0.05, 0) is 40.2 Å². The fraction of sp³-hybridized carbons (Fsp3) is 0.0625. The summed E-state index contributed by atoms with van der Waals surface area (Å²) in [7, 11) is 1.60. The molecule has 2 aromatic carbocycles. The normalized spacial score (nSPS) is 9.81. The van der Waals surface area contributed by atoms with Crippen molar-refractivity contribution in [3.8, 4) is 5.75 Å². The molecule has 0 aliphatic carbocycles. The molecule has 108 valence electrons. The molecule has 2 N–H and O–H groups in total. The van der Waals surface area contributed by atoms with E-state index in [-0.39, 0.29) is 5.91 Å². The van der Waals surface area contributed by atoms with Gasteiger partial charge in [0, 0.05) is 10.0 Å². The monoisotopic (exact) mass is 346 g/mol. The Hall–Kier alpha value is -2.27. The number of ether oxygens (including phenoxy) is 1. The van der Waals surface area contributed by atoms with Gasteiger partial charge in [0.2, 0.25) is 0 Å². The van der Waals surface area contributed by atoms with Crippen molar-refractivity contribution in [1.29, 1.82) is 0 Å². The first-order valence-corrected chi connectivity index (χ1v) is 7.05. The number of carbonyl (C=O) groups excluding carboxylic acids is 1. The van der Waals surface area contributed by atoms with Crippen LogP contribution in [0.25, 0.3) is 5.70 Å². The van der Waals surface area contributed by atoms with Crippen molar-refractivity contribution < 1.29 is 9.53 Å². The third-order valence-electron chi connectivity index (χ3n) is 2.86. The molecule has 0 aliphatic heterocycles. The van der Waals surface area contributed by atoms with Crippen molar-refractivity contribution in [2.75, 3.05) is 7.11 Å². The fourth-order valence-corrected chi connectivity index (χ4v) is 2.19. The van der Waals surface area contributed by atoms with E-state index in [2.05, 4.69) is 33.4 Å². The number of nitrogens with one attached hydrogen (secondary N) is 2. The molecule has 0 fully saturated rings. The number of methoxy groups -OCH3 is 1. The zero-order valence-corrected chi connectivity index (χ0v) is 13.1. The summed E-state index contributed by atoms with van der Waals surface area (Å²) in [5.41, 5.74) is 7.38. The molecule has 0 bridgehead atoms. The van der Waals surface area contributed by atoms with Crippen molar-refractivity contribution >= 4 is 27.5 Å². The van der Waals surface area contributed by atoms with E-state index in [0.717, 1.165) is 15.8 Å². The number of halogens is 1. The molecule has 0 saturated carbocycles. The van der Waals surface area contributed by atoms with E-state index in [1.54, 1.807) is 19.2 Å². The minimum absolute atomic E-state index is 0.244. The van der Waals surface area contributed by atoms with Gasteiger partial charge < -0.3 is 4.74 Å². The lowest BCUT2D eigenvalue weighted by molar-refractivity contribution is 0.0941. The Kier molecular flexibility index (Phi) is 5.00. The molecule has 0 unspecified atom stereocenters. The molecule has 0 aliphatic rings. The average Bonchev–Trinajstić information content (AvgIpc) is 2.52. The van der Waals surface area contributed by atoms with Crippen LogP contribution in [0.5, 0.6) is 5.75 Å². The summed E-state index contributed by atoms with van der Waals surface area (Å²) in [5.74, 6) is 0.485. The number of hydrogen-bond acceptors (Lipinski definition) is 3. The van der Waals surface area contributed by atoms with Crippen LogP contribution in [0.4, 0.5) is 0 Å². The number of benzene rings is 2. The Labute approximate surface area is 131 Å². The lowest BCUT2D eigenvalue weighted by Crippen LogP contribution is -2.36. The highest BCUT2D eigenvalue weighted by molar-refractivity contribution is 9.10. The van der Waals surface area contributed by atoms with Gasteiger partial charge in [-0.3, -0.25) is 15.6 Å². The SMILES string of the molecule is C=C(NNC(=O)c1ccccc1Br)c1cccc(OC)c1. The first kappa shape index (κ1) is 15.1. The fourth-order valence-electron chi connectivity index (χ4n) is 1.73. The van der Waals surface area contributed by atoms with Crippen molar-refractivity contribution in [3.05, 3.63) is 70.7 Å². The van der Waals surface area contributed by atoms with E-state index in [1.165, 1.54) is 0 Å². The summed E-state index contributed by atoms with van der Waals surface area (Å²) < 4.78 is 5.89. The van der Waals surface area contributed by atoms with E-state index < -0.39 is 0 Å². The number of hydrazine groups is 1. The van der Waals surface area contributed by atoms with Gasteiger partial charge in [0.15, 0.2) is 0 Å². The molecule has 21 heavy (non-hydrogen) atoms. The van der Waals surface area contributed by atoms with E-state index in [9.17, 15) is 4.79 Å². The van der Waals surface area contributed by atoms with E-state index in [4.69, 9.17) is 4.74 Å². The maximum absolute atomic E-state index is 12.1. The molecule has 0 heterocycles. The first-order chi connectivity index (χ1) is 10.1. The van der Waals surface area contributed by atoms with Gasteiger partial charge in [0.1, 0.15) is 5.75 Å². The maximum atomic E-state index is 12.1. The topological polar surface area (TPSA) is 50.4 Å². The predicted octanol–water partition coefficient (Wildman–Crippen LogP) is 3.36. The van der Waals surface area contributed by atoms with Gasteiger partial charge in [-0.1, -0.05) is 30.8 Å². The summed E-state index contributed by atoms with van der Waals surface area (Å²) in [6.45, 7) is 3.90. The van der Waals surface area contributed by atoms with Crippen LogP contribution < -0.4 is 15.6 Å². The van der Waals surface area contributed by atoms with Crippen molar-refractivity contribution in [2.24, 2.45) is 0 Å². The Bertz CT molecular complexity index is 671. The number of carbonyl (C=O) groups is 1. The van der Waals surface area contributed by atoms with Crippen LogP contribution in [-0.2, 0) is 0 Å². The lowest BCUT2D eigenvalue weighted by atomic mass is 10.2. The van der Waals surface area contributed by atoms with E-state index in [1.807, 2.05) is 36.4 Å². The highest BCUT2D eigenvalue weighted by Gasteiger charge is 2.09. The molecular formula is C16H15BrN2O2. The highest BCUT2D eigenvalue weighted by Crippen LogP contribution is 2.17. The Morgan fingerprint density at radius 1 is 1.14 bits per heavy atom. The smallest absolute Gasteiger partial charge is 0.270 e. The van der Waals surface area contributed by atoms with Gasteiger partial charge >= 0.3 is 0 Å². The number of amides is 1. The average molecular weight is 347 g/mol. The zero-order chi connectivity index (χ0) is 15.2. The largest absolute Gasteiger partial charge is 0.497 e. The van der Waals surface area contributed by atoms with Crippen LogP contribution in [0.3, 0.4) is 0 Å². The maximum Gasteiger partial charge on any atom is 0.270 e. The number of hydrogen-bond donors (Lipinski definition) is 2. The molecule has 0 radical (unpaired) electrons. The Morgan fingerprint density at radius 3 is 2.62 bits per heavy atom. The number of rotatable bonds is 5. The summed E-state index contributed by atoms with van der Waals surface area (Å²) in [4.78, 5) is 12.1. The minimum atomic E-state index is -0.244. The molecule has 4 nitrogen and oxygen atoms in total. The standard InChI is InChI=1S/C16H15BrN2O2/c1-11(12-6-5-7-13(10-12)21-2)18-19-16(20)14-8-3-4-9-15(14)17/h3-10,18H,1H2,2H3,(H,19,20). The van der Waals surface area contributed by atoms with Gasteiger partial charge in [0.25, 0.3) is 5.91 Å². The second-order valence-electron chi connectivity index (χ2n) is 4.27. The quantitative estimate of drug-likeness (QED) is 0.816. The second-order valence-corrected chi connectivity index (χ2v) is 5.12. The minimum Gasteiger partial charge on any atom is -0.497 e. The van der Waals surface area contributed by atoms with Gasteiger partial charge in [-0.25, -0.2) is 0 Å². The van der Waals surface area contributed by atoms with Crippen LogP contribution in [0.15, 0.2) is 59.6 Å². The molecule has 0 saturated heterocycles. The van der Waals surface area contributed by atoms with Crippen LogP contribution >= 0.6 is 15.9 Å². The van der Waals surface area contributed by atoms with Gasteiger partial charge in [0.05, 0.1) is 18.4 Å². The van der Waals surface area contributed by atoms with Gasteiger partial charge in [-0.15, -0.1) is 0 Å². The molecule has 5 heteroatoms. The third kappa shape index (κ3) is 3.86. The van der Waals surface area contributed by atoms with E-state index in [0.29, 0.717) is 11.3 Å². The molecule has 0 spiro atoms. The second kappa shape index (κ2) is 6.95. The predicted molar refractivity (Wildman–Crippen MR) is 86.8 cm³/mol. The summed E-state index contributed by atoms with van der Waals surface area (Å²) >= 11 is 3.34. The molecule has 1 amide bonds. The zero-order valence-electron chi connectivity index (χ0n) is 11.5. The van der Waals surface area contributed by atoms with E-state index >= 15 is 0 Å². The summed E-state index contributed by atoms with van der Waals surface area (Å²) in [6.07, 6.45) is 0. The lowest BCUT2D eigenvalue weighted by Gasteiger charge is -2.12. The molecule has 0 atom stereocenters. The summed E-state index contributed by atoms with van der Waals surface area (Å²) in [5, 5.41) is 0. The van der Waals surface area contributed by atoms with Crippen molar-refractivity contribution in [3.63, 3.8) is 0 Å². The van der Waals surface area contributed by atoms with Crippen LogP contribution in [-0.4, -0.2) is 13.0 Å².